The number of benzene rings is 1. The lowest BCUT2D eigenvalue weighted by Crippen LogP contribution is -2.05. The summed E-state index contributed by atoms with van der Waals surface area (Å²) in [5.41, 5.74) is -0.210. The molecule has 1 rings (SSSR count). The Morgan fingerprint density at radius 3 is 1.81 bits per heavy atom. The molecule has 7 heteroatoms. The second kappa shape index (κ2) is 11.9. The van der Waals surface area contributed by atoms with Gasteiger partial charge in [-0.1, -0.05) is 32.1 Å². The molecule has 2 N–H and O–H groups in total. The summed E-state index contributed by atoms with van der Waals surface area (Å²) in [6, 6.07) is 3.77. The van der Waals surface area contributed by atoms with Gasteiger partial charge in [-0.05, 0) is 31.0 Å². The van der Waals surface area contributed by atoms with E-state index in [1.165, 1.54) is 19.2 Å². The van der Waals surface area contributed by atoms with Crippen LogP contribution in [0.15, 0.2) is 18.2 Å². The summed E-state index contributed by atoms with van der Waals surface area (Å²) < 4.78 is 10.1. The quantitative estimate of drug-likeness (QED) is 0.404. The number of hydrogen-bond donors (Lipinski definition) is 2. The van der Waals surface area contributed by atoms with Gasteiger partial charge in [0.05, 0.1) is 24.8 Å². The Morgan fingerprint density at radius 1 is 0.808 bits per heavy atom. The molecule has 0 saturated carbocycles. The van der Waals surface area contributed by atoms with Crippen molar-refractivity contribution in [3.63, 3.8) is 0 Å². The molecule has 7 nitrogen and oxygen atoms in total. The first-order valence-electron chi connectivity index (χ1n) is 8.75. The molecule has 0 amide bonds. The van der Waals surface area contributed by atoms with Crippen LogP contribution in [-0.4, -0.2) is 41.8 Å². The second-order valence-electron chi connectivity index (χ2n) is 6.01. The van der Waals surface area contributed by atoms with E-state index in [1.54, 1.807) is 0 Å². The predicted molar refractivity (Wildman–Crippen MR) is 94.8 cm³/mol. The average Bonchev–Trinajstić information content (AvgIpc) is 2.62. The number of carbonyl (C=O) groups is 3. The maximum atomic E-state index is 11.0. The van der Waals surface area contributed by atoms with Crippen molar-refractivity contribution in [2.24, 2.45) is 0 Å². The molecule has 0 spiro atoms. The van der Waals surface area contributed by atoms with Gasteiger partial charge in [-0.2, -0.15) is 0 Å². The molecule has 0 aliphatic rings. The largest absolute Gasteiger partial charge is 0.494 e. The Bertz CT molecular complexity index is 578. The normalized spacial score (nSPS) is 10.3. The van der Waals surface area contributed by atoms with E-state index in [-0.39, 0.29) is 22.8 Å². The molecule has 1 aromatic rings. The van der Waals surface area contributed by atoms with Crippen molar-refractivity contribution >= 4 is 17.9 Å². The van der Waals surface area contributed by atoms with E-state index in [0.29, 0.717) is 13.0 Å². The van der Waals surface area contributed by atoms with Gasteiger partial charge in [-0.3, -0.25) is 4.79 Å². The monoisotopic (exact) mass is 366 g/mol. The average molecular weight is 366 g/mol. The van der Waals surface area contributed by atoms with Crippen molar-refractivity contribution in [1.82, 2.24) is 0 Å². The number of methoxy groups -OCH3 is 1. The number of ether oxygens (including phenoxy) is 2. The molecule has 0 heterocycles. The molecule has 1 aromatic carbocycles. The first-order valence-corrected chi connectivity index (χ1v) is 8.75. The van der Waals surface area contributed by atoms with E-state index in [2.05, 4.69) is 4.74 Å². The fourth-order valence-corrected chi connectivity index (χ4v) is 2.48. The third kappa shape index (κ3) is 8.50. The minimum atomic E-state index is -1.19. The van der Waals surface area contributed by atoms with Crippen LogP contribution in [0.25, 0.3) is 0 Å². The molecular formula is C19H26O7. The summed E-state index contributed by atoms with van der Waals surface area (Å²) in [7, 11) is 1.39. The van der Waals surface area contributed by atoms with Crippen molar-refractivity contribution in [2.45, 2.75) is 51.4 Å². The third-order valence-corrected chi connectivity index (χ3v) is 3.92. The van der Waals surface area contributed by atoms with E-state index in [4.69, 9.17) is 14.9 Å². The molecule has 0 aromatic heterocycles. The van der Waals surface area contributed by atoms with Gasteiger partial charge in [0.1, 0.15) is 5.75 Å². The van der Waals surface area contributed by atoms with Crippen LogP contribution >= 0.6 is 0 Å². The highest BCUT2D eigenvalue weighted by atomic mass is 16.5. The van der Waals surface area contributed by atoms with Crippen molar-refractivity contribution in [2.75, 3.05) is 13.7 Å². The Morgan fingerprint density at radius 2 is 1.31 bits per heavy atom. The van der Waals surface area contributed by atoms with E-state index in [0.717, 1.165) is 51.0 Å². The fourth-order valence-electron chi connectivity index (χ4n) is 2.48. The lowest BCUT2D eigenvalue weighted by Gasteiger charge is -2.08. The molecule has 0 bridgehead atoms. The molecule has 0 fully saturated rings. The number of carbonyl (C=O) groups excluding carboxylic acids is 1. The minimum absolute atomic E-state index is 0.105. The highest BCUT2D eigenvalue weighted by molar-refractivity contribution is 5.94. The van der Waals surface area contributed by atoms with Crippen LogP contribution in [0.3, 0.4) is 0 Å². The summed E-state index contributed by atoms with van der Waals surface area (Å²) in [4.78, 5) is 33.0. The summed E-state index contributed by atoms with van der Waals surface area (Å²) in [5, 5.41) is 18.0. The standard InChI is InChI=1S/C19H26O7/c1-25-17(20)9-7-5-3-2-4-6-8-10-26-16-12-14(18(21)22)11-15(13-16)19(23)24/h11-13H,2-10H2,1H3,(H,21,22)(H,23,24). The molecule has 26 heavy (non-hydrogen) atoms. The summed E-state index contributed by atoms with van der Waals surface area (Å²) >= 11 is 0. The minimum Gasteiger partial charge on any atom is -0.494 e. The highest BCUT2D eigenvalue weighted by Gasteiger charge is 2.12. The number of carboxylic acids is 2. The number of carboxylic acid groups (broad SMARTS) is 2. The Balaban J connectivity index is 2.20. The summed E-state index contributed by atoms with van der Waals surface area (Å²) in [5.74, 6) is -2.29. The van der Waals surface area contributed by atoms with E-state index in [1.807, 2.05) is 0 Å². The van der Waals surface area contributed by atoms with Crippen LogP contribution in [0.4, 0.5) is 0 Å². The van der Waals surface area contributed by atoms with Crippen LogP contribution in [0, 0.1) is 0 Å². The molecule has 0 atom stereocenters. The van der Waals surface area contributed by atoms with E-state index >= 15 is 0 Å². The van der Waals surface area contributed by atoms with Crippen LogP contribution in [0.5, 0.6) is 5.75 Å². The number of rotatable bonds is 13. The van der Waals surface area contributed by atoms with Gasteiger partial charge in [-0.15, -0.1) is 0 Å². The lowest BCUT2D eigenvalue weighted by molar-refractivity contribution is -0.140. The van der Waals surface area contributed by atoms with E-state index < -0.39 is 11.9 Å². The SMILES string of the molecule is COC(=O)CCCCCCCCCOc1cc(C(=O)O)cc(C(=O)O)c1. The third-order valence-electron chi connectivity index (χ3n) is 3.92. The second-order valence-corrected chi connectivity index (χ2v) is 6.01. The maximum Gasteiger partial charge on any atom is 0.335 e. The molecule has 0 radical (unpaired) electrons. The van der Waals surface area contributed by atoms with Gasteiger partial charge in [0.25, 0.3) is 0 Å². The molecule has 0 aliphatic carbocycles. The Kier molecular flexibility index (Phi) is 9.82. The van der Waals surface area contributed by atoms with Gasteiger partial charge in [0, 0.05) is 6.42 Å². The number of aromatic carboxylic acids is 2. The maximum absolute atomic E-state index is 11.0. The van der Waals surface area contributed by atoms with Crippen molar-refractivity contribution in [3.8, 4) is 5.75 Å². The summed E-state index contributed by atoms with van der Waals surface area (Å²) in [6.07, 6.45) is 7.31. The smallest absolute Gasteiger partial charge is 0.335 e. The number of esters is 1. The zero-order valence-electron chi connectivity index (χ0n) is 15.0. The van der Waals surface area contributed by atoms with Gasteiger partial charge in [-0.25, -0.2) is 9.59 Å². The van der Waals surface area contributed by atoms with Crippen molar-refractivity contribution in [3.05, 3.63) is 29.3 Å². The molecular weight excluding hydrogens is 340 g/mol. The molecule has 0 aliphatic heterocycles. The molecule has 144 valence electrons. The number of unbranched alkanes of at least 4 members (excludes halogenated alkanes) is 6. The highest BCUT2D eigenvalue weighted by Crippen LogP contribution is 2.18. The van der Waals surface area contributed by atoms with Crippen LogP contribution in [0.1, 0.15) is 72.1 Å². The molecule has 0 unspecified atom stereocenters. The van der Waals surface area contributed by atoms with Gasteiger partial charge >= 0.3 is 17.9 Å². The van der Waals surface area contributed by atoms with Gasteiger partial charge in [0.2, 0.25) is 0 Å². The van der Waals surface area contributed by atoms with Crippen molar-refractivity contribution < 1.29 is 34.1 Å². The summed E-state index contributed by atoms with van der Waals surface area (Å²) in [6.45, 7) is 0.407. The first kappa shape index (κ1) is 21.5. The van der Waals surface area contributed by atoms with Gasteiger partial charge < -0.3 is 19.7 Å². The zero-order valence-corrected chi connectivity index (χ0v) is 15.0. The zero-order chi connectivity index (χ0) is 19.4. The predicted octanol–water partition coefficient (Wildman–Crippen LogP) is 3.76. The van der Waals surface area contributed by atoms with Crippen LogP contribution in [-0.2, 0) is 9.53 Å². The van der Waals surface area contributed by atoms with Crippen LogP contribution in [0.2, 0.25) is 0 Å². The van der Waals surface area contributed by atoms with Crippen LogP contribution < -0.4 is 4.74 Å². The van der Waals surface area contributed by atoms with Crippen molar-refractivity contribution in [1.29, 1.82) is 0 Å². The fraction of sp³-hybridized carbons (Fsp3) is 0.526. The number of hydrogen-bond acceptors (Lipinski definition) is 5. The van der Waals surface area contributed by atoms with E-state index in [9.17, 15) is 14.4 Å². The lowest BCUT2D eigenvalue weighted by atomic mass is 10.1. The van der Waals surface area contributed by atoms with Gasteiger partial charge in [0.15, 0.2) is 0 Å². The first-order chi connectivity index (χ1) is 12.4. The topological polar surface area (TPSA) is 110 Å². The Labute approximate surface area is 152 Å². The molecule has 0 saturated heterocycles. The Hall–Kier alpha value is -2.57.